The van der Waals surface area contributed by atoms with Gasteiger partial charge in [-0.05, 0) is 13.3 Å². The van der Waals surface area contributed by atoms with Crippen LogP contribution in [0.15, 0.2) is 0 Å². The van der Waals surface area contributed by atoms with Crippen LogP contribution in [0.3, 0.4) is 0 Å². The summed E-state index contributed by atoms with van der Waals surface area (Å²) in [5, 5.41) is 0. The Labute approximate surface area is 86.9 Å². The Morgan fingerprint density at radius 2 is 2.00 bits per heavy atom. The summed E-state index contributed by atoms with van der Waals surface area (Å²) in [6.07, 6.45) is 1.18. The highest BCUT2D eigenvalue weighted by Gasteiger charge is 2.36. The molecular formula is C7H14BrNO3S. The summed E-state index contributed by atoms with van der Waals surface area (Å²) >= 11 is 3.10. The zero-order chi connectivity index (χ0) is 10.7. The molecule has 0 aliphatic carbocycles. The van der Waals surface area contributed by atoms with Gasteiger partial charge in [0.1, 0.15) is 9.41 Å². The fourth-order valence-corrected chi connectivity index (χ4v) is 2.87. The summed E-state index contributed by atoms with van der Waals surface area (Å²) in [5.41, 5.74) is 4.83. The van der Waals surface area contributed by atoms with Gasteiger partial charge in [-0.15, -0.1) is 0 Å². The Bertz CT molecular complexity index is 284. The summed E-state index contributed by atoms with van der Waals surface area (Å²) in [4.78, 5) is 10.5. The molecule has 0 spiro atoms. The fraction of sp³-hybridized carbons (Fsp3) is 0.857. The molecule has 0 radical (unpaired) electrons. The Morgan fingerprint density at radius 1 is 1.54 bits per heavy atom. The van der Waals surface area contributed by atoms with E-state index in [-0.39, 0.29) is 0 Å². The van der Waals surface area contributed by atoms with Crippen LogP contribution in [0.25, 0.3) is 0 Å². The summed E-state index contributed by atoms with van der Waals surface area (Å²) in [6.45, 7) is 3.41. The summed E-state index contributed by atoms with van der Waals surface area (Å²) < 4.78 is 22.0. The van der Waals surface area contributed by atoms with Gasteiger partial charge in [-0.3, -0.25) is 4.79 Å². The summed E-state index contributed by atoms with van der Waals surface area (Å²) in [7, 11) is -3.48. The largest absolute Gasteiger partial charge is 0.369 e. The van der Waals surface area contributed by atoms with Gasteiger partial charge in [0.2, 0.25) is 5.91 Å². The standard InChI is InChI=1S/C7H14BrNO3S/c1-3-4-7(2,8)13(11,12)5-6(9)10/h3-5H2,1-2H3,(H2,9,10). The first kappa shape index (κ1) is 12.9. The van der Waals surface area contributed by atoms with E-state index in [9.17, 15) is 13.2 Å². The molecule has 4 nitrogen and oxygen atoms in total. The molecule has 0 aromatic rings. The maximum atomic E-state index is 11.5. The average Bonchev–Trinajstić information content (AvgIpc) is 1.82. The molecule has 78 valence electrons. The molecule has 13 heavy (non-hydrogen) atoms. The van der Waals surface area contributed by atoms with Crippen molar-refractivity contribution in [1.82, 2.24) is 0 Å². The van der Waals surface area contributed by atoms with E-state index in [0.29, 0.717) is 6.42 Å². The van der Waals surface area contributed by atoms with E-state index in [1.807, 2.05) is 6.92 Å². The molecule has 0 saturated carbocycles. The number of carbonyl (C=O) groups excluding carboxylic acids is 1. The maximum Gasteiger partial charge on any atom is 0.232 e. The third kappa shape index (κ3) is 3.64. The Hall–Kier alpha value is -0.100. The van der Waals surface area contributed by atoms with Gasteiger partial charge in [-0.2, -0.15) is 0 Å². The van der Waals surface area contributed by atoms with E-state index < -0.39 is 25.2 Å². The Kier molecular flexibility index (Phi) is 4.38. The van der Waals surface area contributed by atoms with Gasteiger partial charge in [-0.25, -0.2) is 8.42 Å². The number of primary amides is 1. The lowest BCUT2D eigenvalue weighted by Gasteiger charge is -2.20. The van der Waals surface area contributed by atoms with Crippen LogP contribution >= 0.6 is 15.9 Å². The number of nitrogens with two attached hydrogens (primary N) is 1. The number of alkyl halides is 1. The van der Waals surface area contributed by atoms with Gasteiger partial charge >= 0.3 is 0 Å². The maximum absolute atomic E-state index is 11.5. The number of hydrogen-bond donors (Lipinski definition) is 1. The SMILES string of the molecule is CCCC(C)(Br)S(=O)(=O)CC(N)=O. The third-order valence-electron chi connectivity index (χ3n) is 1.68. The van der Waals surface area contributed by atoms with Crippen LogP contribution in [-0.4, -0.2) is 23.7 Å². The van der Waals surface area contributed by atoms with Crippen molar-refractivity contribution in [3.63, 3.8) is 0 Å². The number of rotatable bonds is 5. The second-order valence-electron chi connectivity index (χ2n) is 3.08. The van der Waals surface area contributed by atoms with E-state index in [1.165, 1.54) is 6.92 Å². The van der Waals surface area contributed by atoms with Crippen LogP contribution in [-0.2, 0) is 14.6 Å². The van der Waals surface area contributed by atoms with Crippen molar-refractivity contribution < 1.29 is 13.2 Å². The van der Waals surface area contributed by atoms with E-state index in [2.05, 4.69) is 15.9 Å². The first-order chi connectivity index (χ1) is 5.73. The summed E-state index contributed by atoms with van der Waals surface area (Å²) in [5.74, 6) is -1.42. The van der Waals surface area contributed by atoms with Gasteiger partial charge in [-0.1, -0.05) is 29.3 Å². The van der Waals surface area contributed by atoms with E-state index >= 15 is 0 Å². The highest BCUT2D eigenvalue weighted by molar-refractivity contribution is 9.11. The van der Waals surface area contributed by atoms with Crippen molar-refractivity contribution in [3.8, 4) is 0 Å². The normalized spacial score (nSPS) is 16.5. The van der Waals surface area contributed by atoms with E-state index in [1.54, 1.807) is 0 Å². The second kappa shape index (κ2) is 4.41. The van der Waals surface area contributed by atoms with Gasteiger partial charge in [0.15, 0.2) is 9.84 Å². The first-order valence-corrected chi connectivity index (χ1v) is 6.37. The predicted octanol–water partition coefficient (Wildman–Crippen LogP) is 0.798. The van der Waals surface area contributed by atoms with E-state index in [4.69, 9.17) is 5.73 Å². The van der Waals surface area contributed by atoms with Gasteiger partial charge in [0.25, 0.3) is 0 Å². The van der Waals surface area contributed by atoms with Crippen LogP contribution in [0.4, 0.5) is 0 Å². The highest BCUT2D eigenvalue weighted by Crippen LogP contribution is 2.30. The van der Waals surface area contributed by atoms with E-state index in [0.717, 1.165) is 6.42 Å². The molecule has 0 rings (SSSR count). The zero-order valence-electron chi connectivity index (χ0n) is 7.71. The molecule has 0 aromatic carbocycles. The highest BCUT2D eigenvalue weighted by atomic mass is 79.9. The number of halogens is 1. The topological polar surface area (TPSA) is 77.2 Å². The predicted molar refractivity (Wildman–Crippen MR) is 55.2 cm³/mol. The number of sulfone groups is 1. The molecule has 1 unspecified atom stereocenters. The Balaban J connectivity index is 4.71. The smallest absolute Gasteiger partial charge is 0.232 e. The number of amides is 1. The quantitative estimate of drug-likeness (QED) is 0.752. The minimum atomic E-state index is -3.48. The van der Waals surface area contributed by atoms with Crippen molar-refractivity contribution in [2.24, 2.45) is 5.73 Å². The average molecular weight is 272 g/mol. The molecule has 0 fully saturated rings. The van der Waals surface area contributed by atoms with Crippen molar-refractivity contribution in [3.05, 3.63) is 0 Å². The Morgan fingerprint density at radius 3 is 2.31 bits per heavy atom. The monoisotopic (exact) mass is 271 g/mol. The summed E-state index contributed by atoms with van der Waals surface area (Å²) in [6, 6.07) is 0. The molecule has 0 aliphatic heterocycles. The van der Waals surface area contributed by atoms with Crippen molar-refractivity contribution in [2.45, 2.75) is 30.3 Å². The van der Waals surface area contributed by atoms with Crippen LogP contribution in [0.5, 0.6) is 0 Å². The van der Waals surface area contributed by atoms with Gasteiger partial charge in [0.05, 0.1) is 0 Å². The van der Waals surface area contributed by atoms with Crippen LogP contribution in [0.1, 0.15) is 26.7 Å². The minimum absolute atomic E-state index is 0.461. The van der Waals surface area contributed by atoms with Crippen LogP contribution in [0.2, 0.25) is 0 Å². The minimum Gasteiger partial charge on any atom is -0.369 e. The molecule has 0 bridgehead atoms. The molecule has 0 saturated heterocycles. The number of hydrogen-bond acceptors (Lipinski definition) is 3. The molecule has 0 aromatic heterocycles. The lowest BCUT2D eigenvalue weighted by Crippen LogP contribution is -2.36. The van der Waals surface area contributed by atoms with Gasteiger partial charge in [0, 0.05) is 0 Å². The van der Waals surface area contributed by atoms with Crippen molar-refractivity contribution in [2.75, 3.05) is 5.75 Å². The van der Waals surface area contributed by atoms with Crippen molar-refractivity contribution in [1.29, 1.82) is 0 Å². The molecular weight excluding hydrogens is 258 g/mol. The third-order valence-corrected chi connectivity index (χ3v) is 5.72. The molecule has 0 heterocycles. The second-order valence-corrected chi connectivity index (χ2v) is 7.77. The molecule has 1 amide bonds. The molecule has 1 atom stereocenters. The molecule has 0 aliphatic rings. The fourth-order valence-electron chi connectivity index (χ4n) is 0.940. The lowest BCUT2D eigenvalue weighted by atomic mass is 10.3. The van der Waals surface area contributed by atoms with Crippen LogP contribution in [0, 0.1) is 0 Å². The lowest BCUT2D eigenvalue weighted by molar-refractivity contribution is -0.115. The molecule has 2 N–H and O–H groups in total. The first-order valence-electron chi connectivity index (χ1n) is 3.92. The zero-order valence-corrected chi connectivity index (χ0v) is 10.1. The van der Waals surface area contributed by atoms with Crippen molar-refractivity contribution >= 4 is 31.7 Å². The van der Waals surface area contributed by atoms with Crippen LogP contribution < -0.4 is 5.73 Å². The molecule has 6 heteroatoms. The van der Waals surface area contributed by atoms with Gasteiger partial charge < -0.3 is 5.73 Å². The number of carbonyl (C=O) groups is 1.